The van der Waals surface area contributed by atoms with Crippen molar-refractivity contribution in [1.82, 2.24) is 0 Å². The molecule has 0 atom stereocenters. The predicted octanol–water partition coefficient (Wildman–Crippen LogP) is 21.3. The van der Waals surface area contributed by atoms with E-state index in [0.717, 1.165) is 55.6 Å². The molecule has 12 aromatic carbocycles. The standard InChI is InChI=1S/C84H73BN2/c1-82(2,3)65-50-68(59-37-23-13-24-38-59)80(69(51-65)60-39-25-14-26-40-60)86-75-46-45-63(56-31-17-10-18-32-56)47-73(75)85-74-54-67(58-35-21-12-22-36-58)72(84(7,8)9)55-76(74)87(78-49-64(48-77(86)79(78)85)57-33-19-11-20-34-57)81-70(61-41-27-15-28-42-61)52-66(83(4,5)6)53-71(81)62-43-29-16-30-44-62/h10-55H,1-9H3/i10D,11D,12D,17D,18D,19D,20D,21D,22D,31D,32D,33D,34D,35D,36D. The van der Waals surface area contributed by atoms with Gasteiger partial charge in [-0.25, -0.2) is 0 Å². The highest BCUT2D eigenvalue weighted by Gasteiger charge is 2.47. The Kier molecular flexibility index (Phi) is 10.1. The van der Waals surface area contributed by atoms with Gasteiger partial charge in [0.2, 0.25) is 0 Å². The molecule has 0 aromatic heterocycles. The molecule has 0 N–H and O–H groups in total. The van der Waals surface area contributed by atoms with Crippen LogP contribution in [0, 0.1) is 0 Å². The monoisotopic (exact) mass is 1140 g/mol. The number of nitrogens with zero attached hydrogens (tertiary/aromatic N) is 2. The van der Waals surface area contributed by atoms with E-state index in [1.54, 1.807) is 6.07 Å². The lowest BCUT2D eigenvalue weighted by molar-refractivity contribution is 0.590. The Morgan fingerprint density at radius 3 is 1.05 bits per heavy atom. The van der Waals surface area contributed by atoms with Gasteiger partial charge >= 0.3 is 0 Å². The number of fused-ring (bicyclic) bond motifs is 4. The Hall–Kier alpha value is -9.70. The van der Waals surface area contributed by atoms with Gasteiger partial charge in [0, 0.05) is 45.0 Å². The maximum atomic E-state index is 9.93. The molecule has 87 heavy (non-hydrogen) atoms. The Morgan fingerprint density at radius 1 is 0.287 bits per heavy atom. The summed E-state index contributed by atoms with van der Waals surface area (Å²) in [6, 6.07) is 55.4. The zero-order valence-corrected chi connectivity index (χ0v) is 50.4. The van der Waals surface area contributed by atoms with Crippen LogP contribution in [0.1, 0.15) is 99.6 Å². The van der Waals surface area contributed by atoms with Gasteiger partial charge in [-0.1, -0.05) is 292 Å². The van der Waals surface area contributed by atoms with E-state index in [4.69, 9.17) is 6.85 Å². The van der Waals surface area contributed by atoms with Gasteiger partial charge in [0.1, 0.15) is 0 Å². The van der Waals surface area contributed by atoms with E-state index in [0.29, 0.717) is 67.2 Å². The smallest absolute Gasteiger partial charge is 0.252 e. The summed E-state index contributed by atoms with van der Waals surface area (Å²) in [6.45, 7) is 18.1. The molecule has 2 aliphatic rings. The van der Waals surface area contributed by atoms with Crippen molar-refractivity contribution < 1.29 is 20.6 Å². The third kappa shape index (κ3) is 10.00. The van der Waals surface area contributed by atoms with Crippen LogP contribution >= 0.6 is 0 Å². The van der Waals surface area contributed by atoms with Gasteiger partial charge in [0.05, 0.1) is 31.9 Å². The topological polar surface area (TPSA) is 6.48 Å². The maximum Gasteiger partial charge on any atom is 0.252 e. The highest BCUT2D eigenvalue weighted by Crippen LogP contribution is 2.56. The van der Waals surface area contributed by atoms with Gasteiger partial charge in [-0.15, -0.1) is 0 Å². The summed E-state index contributed by atoms with van der Waals surface area (Å²) in [5, 5.41) is 0. The second-order valence-electron chi connectivity index (χ2n) is 25.8. The van der Waals surface area contributed by atoms with Crippen LogP contribution in [0.4, 0.5) is 34.1 Å². The van der Waals surface area contributed by atoms with Crippen LogP contribution < -0.4 is 26.2 Å². The van der Waals surface area contributed by atoms with E-state index in [2.05, 4.69) is 130 Å². The molecule has 2 aliphatic heterocycles. The number of anilines is 6. The van der Waals surface area contributed by atoms with Crippen molar-refractivity contribution in [2.24, 2.45) is 0 Å². The number of hydrogen-bond acceptors (Lipinski definition) is 2. The average molecular weight is 1140 g/mol. The lowest BCUT2D eigenvalue weighted by Gasteiger charge is -2.47. The summed E-state index contributed by atoms with van der Waals surface area (Å²) in [6.07, 6.45) is 0. The summed E-state index contributed by atoms with van der Waals surface area (Å²) in [5.41, 5.74) is 13.9. The molecule has 0 bridgehead atoms. The molecular formula is C84H73BN2. The fourth-order valence-corrected chi connectivity index (χ4v) is 12.8. The summed E-state index contributed by atoms with van der Waals surface area (Å²) >= 11 is 0. The Morgan fingerprint density at radius 2 is 0.655 bits per heavy atom. The quantitative estimate of drug-likeness (QED) is 0.133. The summed E-state index contributed by atoms with van der Waals surface area (Å²) < 4.78 is 141. The normalized spacial score (nSPS) is 15.2. The molecule has 0 fully saturated rings. The van der Waals surface area contributed by atoms with Gasteiger partial charge in [0.25, 0.3) is 6.71 Å². The predicted molar refractivity (Wildman–Crippen MR) is 375 cm³/mol. The van der Waals surface area contributed by atoms with E-state index in [-0.39, 0.29) is 22.3 Å². The number of rotatable bonds is 9. The van der Waals surface area contributed by atoms with Gasteiger partial charge in [-0.3, -0.25) is 0 Å². The van der Waals surface area contributed by atoms with Crippen molar-refractivity contribution >= 4 is 57.2 Å². The minimum Gasteiger partial charge on any atom is -0.310 e. The summed E-state index contributed by atoms with van der Waals surface area (Å²) in [5.74, 6) is 0. The first-order chi connectivity index (χ1) is 48.3. The molecule has 422 valence electrons. The largest absolute Gasteiger partial charge is 0.310 e. The van der Waals surface area contributed by atoms with Gasteiger partial charge in [-0.05, 0) is 153 Å². The molecule has 0 amide bonds. The Bertz CT molecular complexity index is 5260. The van der Waals surface area contributed by atoms with Crippen LogP contribution in [0.15, 0.2) is 279 Å². The van der Waals surface area contributed by atoms with Gasteiger partial charge < -0.3 is 9.80 Å². The van der Waals surface area contributed by atoms with Crippen LogP contribution in [-0.2, 0) is 16.2 Å². The summed E-state index contributed by atoms with van der Waals surface area (Å²) in [7, 11) is 0. The third-order valence-corrected chi connectivity index (χ3v) is 17.1. The van der Waals surface area contributed by atoms with Crippen LogP contribution in [0.25, 0.3) is 77.9 Å². The zero-order valence-electron chi connectivity index (χ0n) is 65.4. The molecule has 0 spiro atoms. The Balaban J connectivity index is 1.29. The van der Waals surface area contributed by atoms with E-state index >= 15 is 0 Å². The molecular weight excluding hydrogens is 1050 g/mol. The van der Waals surface area contributed by atoms with Crippen molar-refractivity contribution in [3.8, 4) is 77.9 Å². The number of benzene rings is 12. The van der Waals surface area contributed by atoms with Gasteiger partial charge in [-0.2, -0.15) is 0 Å². The van der Waals surface area contributed by atoms with E-state index < -0.39 is 114 Å². The molecule has 2 nitrogen and oxygen atoms in total. The molecule has 3 heteroatoms. The second-order valence-corrected chi connectivity index (χ2v) is 25.8. The number of hydrogen-bond donors (Lipinski definition) is 0. The minimum absolute atomic E-state index is 0.0169. The molecule has 0 aliphatic carbocycles. The van der Waals surface area contributed by atoms with Crippen molar-refractivity contribution in [1.29, 1.82) is 0 Å². The van der Waals surface area contributed by atoms with Crippen LogP contribution in [0.5, 0.6) is 0 Å². The fraction of sp³-hybridized carbons (Fsp3) is 0.143. The first-order valence-electron chi connectivity index (χ1n) is 37.2. The first kappa shape index (κ1) is 40.6. The molecule has 0 saturated heterocycles. The van der Waals surface area contributed by atoms with Gasteiger partial charge in [0.15, 0.2) is 0 Å². The average Bonchev–Trinajstić information content (AvgIpc) is 0.682. The lowest BCUT2D eigenvalue weighted by Crippen LogP contribution is -2.61. The van der Waals surface area contributed by atoms with Crippen molar-refractivity contribution in [2.45, 2.75) is 78.6 Å². The van der Waals surface area contributed by atoms with Crippen LogP contribution in [0.2, 0.25) is 0 Å². The molecule has 12 aromatic rings. The first-order valence-corrected chi connectivity index (χ1v) is 29.7. The molecule has 2 heterocycles. The third-order valence-electron chi connectivity index (χ3n) is 17.1. The van der Waals surface area contributed by atoms with Crippen LogP contribution in [0.3, 0.4) is 0 Å². The minimum atomic E-state index is -0.966. The van der Waals surface area contributed by atoms with E-state index in [1.165, 1.54) is 0 Å². The lowest BCUT2D eigenvalue weighted by atomic mass is 9.33. The molecule has 14 rings (SSSR count). The Labute approximate surface area is 537 Å². The van der Waals surface area contributed by atoms with Crippen LogP contribution in [-0.4, -0.2) is 6.71 Å². The fourth-order valence-electron chi connectivity index (χ4n) is 12.8. The highest BCUT2D eigenvalue weighted by atomic mass is 15.2. The molecule has 0 unspecified atom stereocenters. The maximum absolute atomic E-state index is 9.93. The highest BCUT2D eigenvalue weighted by molar-refractivity contribution is 7.00. The van der Waals surface area contributed by atoms with Crippen molar-refractivity contribution in [2.75, 3.05) is 9.80 Å². The van der Waals surface area contributed by atoms with E-state index in [1.807, 2.05) is 124 Å². The summed E-state index contributed by atoms with van der Waals surface area (Å²) in [4.78, 5) is 4.41. The second kappa shape index (κ2) is 21.7. The van der Waals surface area contributed by atoms with E-state index in [9.17, 15) is 13.7 Å². The molecule has 0 saturated carbocycles. The van der Waals surface area contributed by atoms with Crippen molar-refractivity contribution in [3.63, 3.8) is 0 Å². The zero-order chi connectivity index (χ0) is 72.8. The SMILES string of the molecule is [2H]c1c([2H])c([2H])c(-c2ccc3c(c2)B2c4cc(-c5c([2H])c([2H])c([2H])c([2H])c5[2H])c(C(C)(C)C)cc4N(c4c(-c5ccccc5)cc(C(C)(C)C)cc4-c4ccccc4)c4cc(-c5c([2H])c([2H])c([2H])c([2H])c5[2H])cc(c42)N3c2c(-c3ccccc3)cc(C(C)(C)C)cc2-c2ccccc2)c([2H])c1[2H]. The van der Waals surface area contributed by atoms with Crippen molar-refractivity contribution in [3.05, 3.63) is 295 Å². The molecule has 0 radical (unpaired) electrons.